The summed E-state index contributed by atoms with van der Waals surface area (Å²) in [5, 5.41) is 0. The van der Waals surface area contributed by atoms with Gasteiger partial charge in [0.1, 0.15) is 0 Å². The van der Waals surface area contributed by atoms with Crippen molar-refractivity contribution in [3.63, 3.8) is 0 Å². The SMILES string of the molecule is Cc1ccc(-c2[nH]c(=O)ccc2C)cc1. The smallest absolute Gasteiger partial charge is 0.248 e. The number of aromatic nitrogens is 1. The van der Waals surface area contributed by atoms with Gasteiger partial charge in [0.2, 0.25) is 5.56 Å². The van der Waals surface area contributed by atoms with Crippen molar-refractivity contribution in [2.75, 3.05) is 0 Å². The molecule has 2 nitrogen and oxygen atoms in total. The molecule has 2 aromatic rings. The summed E-state index contributed by atoms with van der Waals surface area (Å²) in [5.41, 5.74) is 4.20. The molecule has 0 saturated heterocycles. The Bertz CT molecular complexity index is 523. The molecule has 0 amide bonds. The number of pyridine rings is 1. The minimum atomic E-state index is -0.0591. The minimum Gasteiger partial charge on any atom is -0.322 e. The Morgan fingerprint density at radius 3 is 2.27 bits per heavy atom. The van der Waals surface area contributed by atoms with E-state index in [1.165, 1.54) is 5.56 Å². The zero-order chi connectivity index (χ0) is 10.8. The summed E-state index contributed by atoms with van der Waals surface area (Å²) in [4.78, 5) is 14.1. The van der Waals surface area contributed by atoms with Gasteiger partial charge < -0.3 is 4.98 Å². The second-order valence-electron chi connectivity index (χ2n) is 3.75. The molecule has 1 N–H and O–H groups in total. The van der Waals surface area contributed by atoms with Crippen molar-refractivity contribution in [3.05, 3.63) is 57.9 Å². The maximum atomic E-state index is 11.2. The first-order valence-electron chi connectivity index (χ1n) is 4.94. The van der Waals surface area contributed by atoms with Crippen LogP contribution in [0.25, 0.3) is 11.3 Å². The highest BCUT2D eigenvalue weighted by molar-refractivity contribution is 5.62. The third kappa shape index (κ3) is 1.99. The number of hydrogen-bond acceptors (Lipinski definition) is 1. The van der Waals surface area contributed by atoms with Crippen LogP contribution in [0.1, 0.15) is 11.1 Å². The fraction of sp³-hybridized carbons (Fsp3) is 0.154. The average Bonchev–Trinajstić information content (AvgIpc) is 2.23. The van der Waals surface area contributed by atoms with Gasteiger partial charge >= 0.3 is 0 Å². The first kappa shape index (κ1) is 9.71. The van der Waals surface area contributed by atoms with Crippen molar-refractivity contribution >= 4 is 0 Å². The monoisotopic (exact) mass is 199 g/mol. The topological polar surface area (TPSA) is 32.9 Å². The first-order chi connectivity index (χ1) is 7.16. The standard InChI is InChI=1S/C13H13NO/c1-9-3-6-11(7-4-9)13-10(2)5-8-12(15)14-13/h3-8H,1-2H3,(H,14,15). The second kappa shape index (κ2) is 3.73. The Morgan fingerprint density at radius 2 is 1.60 bits per heavy atom. The Labute approximate surface area is 88.6 Å². The number of H-pyrrole nitrogens is 1. The second-order valence-corrected chi connectivity index (χ2v) is 3.75. The summed E-state index contributed by atoms with van der Waals surface area (Å²) >= 11 is 0. The van der Waals surface area contributed by atoms with Crippen LogP contribution in [-0.4, -0.2) is 4.98 Å². The zero-order valence-corrected chi connectivity index (χ0v) is 8.87. The number of aryl methyl sites for hydroxylation is 2. The Morgan fingerprint density at radius 1 is 0.933 bits per heavy atom. The van der Waals surface area contributed by atoms with Gasteiger partial charge in [0.05, 0.1) is 5.69 Å². The molecular weight excluding hydrogens is 186 g/mol. The molecule has 1 aromatic heterocycles. The summed E-state index contributed by atoms with van der Waals surface area (Å²) in [6, 6.07) is 11.5. The van der Waals surface area contributed by atoms with Crippen LogP contribution in [0.2, 0.25) is 0 Å². The summed E-state index contributed by atoms with van der Waals surface area (Å²) < 4.78 is 0. The van der Waals surface area contributed by atoms with E-state index >= 15 is 0 Å². The maximum absolute atomic E-state index is 11.2. The lowest BCUT2D eigenvalue weighted by molar-refractivity contribution is 1.20. The van der Waals surface area contributed by atoms with Crippen molar-refractivity contribution < 1.29 is 0 Å². The van der Waals surface area contributed by atoms with Gasteiger partial charge in [0.25, 0.3) is 0 Å². The number of rotatable bonds is 1. The molecule has 0 radical (unpaired) electrons. The van der Waals surface area contributed by atoms with Crippen LogP contribution in [-0.2, 0) is 0 Å². The van der Waals surface area contributed by atoms with Gasteiger partial charge in [0, 0.05) is 6.07 Å². The van der Waals surface area contributed by atoms with Gasteiger partial charge in [-0.15, -0.1) is 0 Å². The average molecular weight is 199 g/mol. The highest BCUT2D eigenvalue weighted by Gasteiger charge is 2.01. The minimum absolute atomic E-state index is 0.0591. The lowest BCUT2D eigenvalue weighted by atomic mass is 10.1. The highest BCUT2D eigenvalue weighted by atomic mass is 16.1. The molecule has 0 bridgehead atoms. The summed E-state index contributed by atoms with van der Waals surface area (Å²) in [7, 11) is 0. The molecule has 0 saturated carbocycles. The fourth-order valence-corrected chi connectivity index (χ4v) is 1.57. The van der Waals surface area contributed by atoms with E-state index in [0.29, 0.717) is 0 Å². The lowest BCUT2D eigenvalue weighted by Crippen LogP contribution is -2.05. The summed E-state index contributed by atoms with van der Waals surface area (Å²) in [6.07, 6.45) is 0. The molecule has 1 aromatic carbocycles. The lowest BCUT2D eigenvalue weighted by Gasteiger charge is -2.05. The molecule has 0 fully saturated rings. The Kier molecular flexibility index (Phi) is 2.42. The Balaban J connectivity index is 2.58. The molecule has 15 heavy (non-hydrogen) atoms. The molecule has 2 rings (SSSR count). The van der Waals surface area contributed by atoms with Crippen LogP contribution in [0.4, 0.5) is 0 Å². The third-order valence-corrected chi connectivity index (χ3v) is 2.47. The van der Waals surface area contributed by atoms with Gasteiger partial charge in [-0.3, -0.25) is 4.79 Å². The molecule has 0 aliphatic carbocycles. The Hall–Kier alpha value is -1.83. The van der Waals surface area contributed by atoms with Crippen LogP contribution in [0.5, 0.6) is 0 Å². The van der Waals surface area contributed by atoms with E-state index < -0.39 is 0 Å². The van der Waals surface area contributed by atoms with Crippen molar-refractivity contribution in [3.8, 4) is 11.3 Å². The predicted molar refractivity (Wildman–Crippen MR) is 62.0 cm³/mol. The third-order valence-electron chi connectivity index (χ3n) is 2.47. The molecule has 0 aliphatic heterocycles. The number of benzene rings is 1. The molecule has 1 heterocycles. The molecule has 2 heteroatoms. The van der Waals surface area contributed by atoms with Gasteiger partial charge in [-0.05, 0) is 25.0 Å². The van der Waals surface area contributed by atoms with Crippen molar-refractivity contribution in [1.29, 1.82) is 0 Å². The van der Waals surface area contributed by atoms with Crippen LogP contribution in [0.3, 0.4) is 0 Å². The van der Waals surface area contributed by atoms with Crippen LogP contribution in [0, 0.1) is 13.8 Å². The highest BCUT2D eigenvalue weighted by Crippen LogP contribution is 2.19. The molecule has 0 aliphatic rings. The van der Waals surface area contributed by atoms with Crippen molar-refractivity contribution in [1.82, 2.24) is 4.98 Å². The van der Waals surface area contributed by atoms with E-state index in [4.69, 9.17) is 0 Å². The molecule has 0 atom stereocenters. The molecular formula is C13H13NO. The largest absolute Gasteiger partial charge is 0.322 e. The summed E-state index contributed by atoms with van der Waals surface area (Å²) in [6.45, 7) is 4.04. The van der Waals surface area contributed by atoms with Gasteiger partial charge in [-0.1, -0.05) is 35.9 Å². The van der Waals surface area contributed by atoms with Crippen LogP contribution < -0.4 is 5.56 Å². The maximum Gasteiger partial charge on any atom is 0.248 e. The van der Waals surface area contributed by atoms with E-state index in [1.807, 2.05) is 44.2 Å². The quantitative estimate of drug-likeness (QED) is 0.752. The summed E-state index contributed by atoms with van der Waals surface area (Å²) in [5.74, 6) is 0. The predicted octanol–water partition coefficient (Wildman–Crippen LogP) is 2.66. The number of nitrogens with one attached hydrogen (secondary N) is 1. The van der Waals surface area contributed by atoms with E-state index in [9.17, 15) is 4.79 Å². The van der Waals surface area contributed by atoms with E-state index in [-0.39, 0.29) is 5.56 Å². The van der Waals surface area contributed by atoms with Crippen LogP contribution >= 0.6 is 0 Å². The number of aromatic amines is 1. The molecule has 76 valence electrons. The molecule has 0 spiro atoms. The normalized spacial score (nSPS) is 10.3. The van der Waals surface area contributed by atoms with Gasteiger partial charge in [0.15, 0.2) is 0 Å². The van der Waals surface area contributed by atoms with Gasteiger partial charge in [-0.25, -0.2) is 0 Å². The van der Waals surface area contributed by atoms with Crippen LogP contribution in [0.15, 0.2) is 41.2 Å². The fourth-order valence-electron chi connectivity index (χ4n) is 1.57. The number of hydrogen-bond donors (Lipinski definition) is 1. The van der Waals surface area contributed by atoms with Gasteiger partial charge in [-0.2, -0.15) is 0 Å². The van der Waals surface area contributed by atoms with Crippen molar-refractivity contribution in [2.45, 2.75) is 13.8 Å². The van der Waals surface area contributed by atoms with E-state index in [1.54, 1.807) is 6.07 Å². The van der Waals surface area contributed by atoms with Crippen molar-refractivity contribution in [2.24, 2.45) is 0 Å². The zero-order valence-electron chi connectivity index (χ0n) is 8.87. The van der Waals surface area contributed by atoms with E-state index in [2.05, 4.69) is 4.98 Å². The van der Waals surface area contributed by atoms with E-state index in [0.717, 1.165) is 16.8 Å². The first-order valence-corrected chi connectivity index (χ1v) is 4.94. The molecule has 0 unspecified atom stereocenters.